The van der Waals surface area contributed by atoms with E-state index in [1.165, 1.54) is 12.8 Å². The van der Waals surface area contributed by atoms with E-state index in [1.54, 1.807) is 11.8 Å². The fourth-order valence-corrected chi connectivity index (χ4v) is 3.71. The number of nitrogens with zero attached hydrogens (tertiary/aromatic N) is 4. The molecule has 1 heterocycles. The minimum atomic E-state index is -0.234. The van der Waals surface area contributed by atoms with Crippen molar-refractivity contribution in [2.45, 2.75) is 51.5 Å². The van der Waals surface area contributed by atoms with Crippen LogP contribution in [0.1, 0.15) is 56.3 Å². The van der Waals surface area contributed by atoms with E-state index >= 15 is 0 Å². The summed E-state index contributed by atoms with van der Waals surface area (Å²) < 4.78 is 1.90. The summed E-state index contributed by atoms with van der Waals surface area (Å²) in [6, 6.07) is 2.16. The lowest BCUT2D eigenvalue weighted by Gasteiger charge is -2.30. The lowest BCUT2D eigenvalue weighted by Crippen LogP contribution is -2.31. The van der Waals surface area contributed by atoms with Crippen LogP contribution in [0.5, 0.6) is 0 Å². The molecule has 146 valence electrons. The van der Waals surface area contributed by atoms with Crippen molar-refractivity contribution in [3.63, 3.8) is 0 Å². The maximum atomic E-state index is 11.4. The number of aromatic nitrogens is 2. The van der Waals surface area contributed by atoms with Crippen molar-refractivity contribution in [3.05, 3.63) is 17.5 Å². The Balaban J connectivity index is 1.84. The third kappa shape index (κ3) is 5.83. The third-order valence-corrected chi connectivity index (χ3v) is 5.51. The second kappa shape index (κ2) is 9.16. The number of carbonyl (C=O) groups is 2. The van der Waals surface area contributed by atoms with E-state index in [0.29, 0.717) is 24.8 Å². The second-order valence-corrected chi connectivity index (χ2v) is 7.76. The molecule has 0 aromatic carbocycles. The predicted molar refractivity (Wildman–Crippen MR) is 101 cm³/mol. The van der Waals surface area contributed by atoms with Crippen LogP contribution in [0.4, 0.5) is 0 Å². The Bertz CT molecular complexity index is 619. The molecule has 1 saturated carbocycles. The fourth-order valence-electron chi connectivity index (χ4n) is 3.71. The summed E-state index contributed by atoms with van der Waals surface area (Å²) in [5.41, 5.74) is 7.45. The Kier molecular flexibility index (Phi) is 7.20. The highest BCUT2D eigenvalue weighted by atomic mass is 16.2. The van der Waals surface area contributed by atoms with Gasteiger partial charge >= 0.3 is 0 Å². The molecule has 2 N–H and O–H groups in total. The van der Waals surface area contributed by atoms with Crippen LogP contribution in [-0.4, -0.2) is 58.6 Å². The molecule has 1 aromatic heterocycles. The predicted octanol–water partition coefficient (Wildman–Crippen LogP) is 1.48. The van der Waals surface area contributed by atoms with Crippen LogP contribution < -0.4 is 5.73 Å². The molecule has 7 nitrogen and oxygen atoms in total. The quantitative estimate of drug-likeness (QED) is 0.758. The molecule has 26 heavy (non-hydrogen) atoms. The van der Waals surface area contributed by atoms with Crippen molar-refractivity contribution in [3.8, 4) is 0 Å². The van der Waals surface area contributed by atoms with Gasteiger partial charge in [-0.3, -0.25) is 14.3 Å². The third-order valence-electron chi connectivity index (χ3n) is 5.51. The van der Waals surface area contributed by atoms with Gasteiger partial charge in [-0.15, -0.1) is 0 Å². The molecule has 0 atom stereocenters. The van der Waals surface area contributed by atoms with E-state index in [9.17, 15) is 9.59 Å². The molecule has 1 aliphatic rings. The zero-order valence-corrected chi connectivity index (χ0v) is 16.6. The molecule has 0 radical (unpaired) electrons. The Labute approximate surface area is 156 Å². The van der Waals surface area contributed by atoms with Gasteiger partial charge in [0.15, 0.2) is 0 Å². The number of amides is 2. The van der Waals surface area contributed by atoms with Crippen LogP contribution in [0.15, 0.2) is 6.07 Å². The number of hydrogen-bond donors (Lipinski definition) is 1. The Morgan fingerprint density at radius 1 is 1.27 bits per heavy atom. The number of nitrogens with two attached hydrogens (primary N) is 1. The van der Waals surface area contributed by atoms with Crippen molar-refractivity contribution < 1.29 is 9.59 Å². The largest absolute Gasteiger partial charge is 0.370 e. The molecular weight excluding hydrogens is 330 g/mol. The SMILES string of the molecule is CC(=O)N(C)Cc1cc(C2CCC(CN(C)CCC(N)=O)CC2)nn1C. The molecule has 0 unspecified atom stereocenters. The van der Waals surface area contributed by atoms with Gasteiger partial charge in [0.25, 0.3) is 0 Å². The van der Waals surface area contributed by atoms with E-state index in [4.69, 9.17) is 10.8 Å². The topological polar surface area (TPSA) is 84.5 Å². The molecule has 7 heteroatoms. The highest BCUT2D eigenvalue weighted by Gasteiger charge is 2.25. The first-order valence-corrected chi connectivity index (χ1v) is 9.47. The van der Waals surface area contributed by atoms with E-state index in [-0.39, 0.29) is 11.8 Å². The maximum absolute atomic E-state index is 11.4. The minimum absolute atomic E-state index is 0.0636. The molecule has 1 aliphatic carbocycles. The molecule has 0 saturated heterocycles. The summed E-state index contributed by atoms with van der Waals surface area (Å²) in [6.45, 7) is 3.94. The van der Waals surface area contributed by atoms with Crippen molar-refractivity contribution in [1.29, 1.82) is 0 Å². The van der Waals surface area contributed by atoms with Gasteiger partial charge in [-0.2, -0.15) is 5.10 Å². The summed E-state index contributed by atoms with van der Waals surface area (Å²) in [7, 11) is 5.83. The van der Waals surface area contributed by atoms with Crippen molar-refractivity contribution in [2.75, 3.05) is 27.2 Å². The maximum Gasteiger partial charge on any atom is 0.219 e. The minimum Gasteiger partial charge on any atom is -0.370 e. The monoisotopic (exact) mass is 363 g/mol. The molecule has 2 amide bonds. The fraction of sp³-hybridized carbons (Fsp3) is 0.737. The van der Waals surface area contributed by atoms with Crippen molar-refractivity contribution in [1.82, 2.24) is 19.6 Å². The Hall–Kier alpha value is -1.89. The standard InChI is InChI=1S/C19H33N5O2/c1-14(25)23(3)13-17-11-18(21-24(17)4)16-7-5-15(6-8-16)12-22(2)10-9-19(20)26/h11,15-16H,5-10,12-13H2,1-4H3,(H2,20,26). The Morgan fingerprint density at radius 3 is 2.50 bits per heavy atom. The number of hydrogen-bond acceptors (Lipinski definition) is 4. The lowest BCUT2D eigenvalue weighted by molar-refractivity contribution is -0.128. The molecule has 1 aromatic rings. The zero-order valence-electron chi connectivity index (χ0n) is 16.6. The van der Waals surface area contributed by atoms with Crippen LogP contribution in [0.3, 0.4) is 0 Å². The molecule has 0 aliphatic heterocycles. The van der Waals surface area contributed by atoms with Gasteiger partial charge in [0.2, 0.25) is 11.8 Å². The van der Waals surface area contributed by atoms with Crippen molar-refractivity contribution in [2.24, 2.45) is 18.7 Å². The lowest BCUT2D eigenvalue weighted by atomic mass is 9.80. The van der Waals surface area contributed by atoms with E-state index in [0.717, 1.165) is 37.3 Å². The van der Waals surface area contributed by atoms with E-state index in [2.05, 4.69) is 18.0 Å². The van der Waals surface area contributed by atoms with Gasteiger partial charge in [-0.1, -0.05) is 0 Å². The van der Waals surface area contributed by atoms with E-state index < -0.39 is 0 Å². The van der Waals surface area contributed by atoms with Crippen LogP contribution >= 0.6 is 0 Å². The summed E-state index contributed by atoms with van der Waals surface area (Å²) in [4.78, 5) is 26.3. The number of carbonyl (C=O) groups excluding carboxylic acids is 2. The number of rotatable bonds is 8. The Morgan fingerprint density at radius 2 is 1.92 bits per heavy atom. The number of primary amides is 1. The highest BCUT2D eigenvalue weighted by Crippen LogP contribution is 2.35. The van der Waals surface area contributed by atoms with Gasteiger partial charge < -0.3 is 15.5 Å². The van der Waals surface area contributed by atoms with Gasteiger partial charge in [-0.25, -0.2) is 0 Å². The summed E-state index contributed by atoms with van der Waals surface area (Å²) in [5, 5.41) is 4.70. The summed E-state index contributed by atoms with van der Waals surface area (Å²) in [6.07, 6.45) is 5.09. The smallest absolute Gasteiger partial charge is 0.219 e. The molecule has 2 rings (SSSR count). The highest BCUT2D eigenvalue weighted by molar-refractivity contribution is 5.73. The van der Waals surface area contributed by atoms with Crippen LogP contribution in [0.2, 0.25) is 0 Å². The van der Waals surface area contributed by atoms with Crippen LogP contribution in [0, 0.1) is 5.92 Å². The molecule has 0 spiro atoms. The molecule has 1 fully saturated rings. The molecule has 0 bridgehead atoms. The van der Waals surface area contributed by atoms with E-state index in [1.807, 2.05) is 18.8 Å². The average Bonchev–Trinajstić information content (AvgIpc) is 2.94. The van der Waals surface area contributed by atoms with Gasteiger partial charge in [0, 0.05) is 46.4 Å². The van der Waals surface area contributed by atoms with Crippen molar-refractivity contribution >= 4 is 11.8 Å². The summed E-state index contributed by atoms with van der Waals surface area (Å²) in [5.74, 6) is 1.01. The van der Waals surface area contributed by atoms with Gasteiger partial charge in [0.1, 0.15) is 0 Å². The van der Waals surface area contributed by atoms with Crippen LogP contribution in [0.25, 0.3) is 0 Å². The summed E-state index contributed by atoms with van der Waals surface area (Å²) >= 11 is 0. The first-order valence-electron chi connectivity index (χ1n) is 9.47. The van der Waals surface area contributed by atoms with Gasteiger partial charge in [0.05, 0.1) is 17.9 Å². The second-order valence-electron chi connectivity index (χ2n) is 7.76. The number of aryl methyl sites for hydroxylation is 1. The zero-order chi connectivity index (χ0) is 19.3. The average molecular weight is 364 g/mol. The van der Waals surface area contributed by atoms with Gasteiger partial charge in [-0.05, 0) is 44.7 Å². The van der Waals surface area contributed by atoms with Crippen LogP contribution in [-0.2, 0) is 23.2 Å². The normalized spacial score (nSPS) is 20.3. The first-order chi connectivity index (χ1) is 12.3. The molecular formula is C19H33N5O2. The first kappa shape index (κ1) is 20.4.